The zero-order valence-electron chi connectivity index (χ0n) is 13.8. The third-order valence-electron chi connectivity index (χ3n) is 4.09. The summed E-state index contributed by atoms with van der Waals surface area (Å²) in [4.78, 5) is 49.6. The van der Waals surface area contributed by atoms with Gasteiger partial charge in [-0.15, -0.1) is 6.58 Å². The van der Waals surface area contributed by atoms with E-state index in [-0.39, 0.29) is 35.2 Å². The van der Waals surface area contributed by atoms with Gasteiger partial charge in [0.2, 0.25) is 0 Å². The van der Waals surface area contributed by atoms with Gasteiger partial charge < -0.3 is 10.1 Å². The standard InChI is InChI=1S/C18H18N2O5/c1-3-8-20-16(22)13-7-4-11(9-14(13)17(20)23)18(24)25-10(2)15(21)19-12-5-6-12/h3-4,7,9-10,12H,1,5-6,8H2,2H3,(H,19,21)/t10-/m1/s1. The first-order chi connectivity index (χ1) is 11.9. The Balaban J connectivity index is 1.73. The smallest absolute Gasteiger partial charge is 0.338 e. The lowest BCUT2D eigenvalue weighted by Crippen LogP contribution is -2.37. The topological polar surface area (TPSA) is 92.8 Å². The molecule has 3 amide bonds. The van der Waals surface area contributed by atoms with Gasteiger partial charge in [0.15, 0.2) is 6.10 Å². The van der Waals surface area contributed by atoms with Gasteiger partial charge in [0, 0.05) is 12.6 Å². The van der Waals surface area contributed by atoms with Gasteiger partial charge in [0.05, 0.1) is 16.7 Å². The fraction of sp³-hybridized carbons (Fsp3) is 0.333. The summed E-state index contributed by atoms with van der Waals surface area (Å²) >= 11 is 0. The van der Waals surface area contributed by atoms with E-state index in [4.69, 9.17) is 4.74 Å². The summed E-state index contributed by atoms with van der Waals surface area (Å²) < 4.78 is 5.15. The number of esters is 1. The maximum absolute atomic E-state index is 12.3. The first-order valence-corrected chi connectivity index (χ1v) is 8.05. The molecule has 130 valence electrons. The van der Waals surface area contributed by atoms with E-state index in [2.05, 4.69) is 11.9 Å². The molecule has 1 aliphatic carbocycles. The highest BCUT2D eigenvalue weighted by molar-refractivity contribution is 6.22. The maximum atomic E-state index is 12.3. The van der Waals surface area contributed by atoms with Crippen molar-refractivity contribution in [2.45, 2.75) is 31.9 Å². The number of benzene rings is 1. The van der Waals surface area contributed by atoms with Crippen LogP contribution in [-0.4, -0.2) is 47.3 Å². The highest BCUT2D eigenvalue weighted by Crippen LogP contribution is 2.24. The van der Waals surface area contributed by atoms with E-state index >= 15 is 0 Å². The highest BCUT2D eigenvalue weighted by Gasteiger charge is 2.35. The van der Waals surface area contributed by atoms with E-state index in [0.29, 0.717) is 0 Å². The predicted molar refractivity (Wildman–Crippen MR) is 88.0 cm³/mol. The first-order valence-electron chi connectivity index (χ1n) is 8.05. The molecule has 1 N–H and O–H groups in total. The number of amides is 3. The largest absolute Gasteiger partial charge is 0.449 e. The van der Waals surface area contributed by atoms with E-state index in [1.165, 1.54) is 31.2 Å². The lowest BCUT2D eigenvalue weighted by Gasteiger charge is -2.13. The Bertz CT molecular complexity index is 782. The lowest BCUT2D eigenvalue weighted by atomic mass is 10.1. The van der Waals surface area contributed by atoms with Crippen LogP contribution in [-0.2, 0) is 9.53 Å². The Kier molecular flexibility index (Phi) is 4.39. The molecule has 1 fully saturated rings. The van der Waals surface area contributed by atoms with Crippen molar-refractivity contribution in [2.75, 3.05) is 6.54 Å². The molecule has 0 radical (unpaired) electrons. The summed E-state index contributed by atoms with van der Waals surface area (Å²) in [5.41, 5.74) is 0.505. The van der Waals surface area contributed by atoms with Crippen molar-refractivity contribution in [1.82, 2.24) is 10.2 Å². The van der Waals surface area contributed by atoms with Gasteiger partial charge in [-0.3, -0.25) is 19.3 Å². The summed E-state index contributed by atoms with van der Waals surface area (Å²) in [6.45, 7) is 5.11. The molecule has 25 heavy (non-hydrogen) atoms. The molecule has 1 atom stereocenters. The van der Waals surface area contributed by atoms with E-state index in [1.807, 2.05) is 0 Å². The molecular weight excluding hydrogens is 324 g/mol. The van der Waals surface area contributed by atoms with Crippen LogP contribution in [0.4, 0.5) is 0 Å². The fourth-order valence-electron chi connectivity index (χ4n) is 2.54. The average Bonchev–Trinajstić information content (AvgIpc) is 3.38. The number of fused-ring (bicyclic) bond motifs is 1. The molecule has 0 spiro atoms. The van der Waals surface area contributed by atoms with Crippen molar-refractivity contribution in [3.8, 4) is 0 Å². The van der Waals surface area contributed by atoms with Gasteiger partial charge in [0.25, 0.3) is 17.7 Å². The molecule has 1 aliphatic heterocycles. The third kappa shape index (κ3) is 3.31. The highest BCUT2D eigenvalue weighted by atomic mass is 16.5. The number of hydrogen-bond acceptors (Lipinski definition) is 5. The molecule has 0 unspecified atom stereocenters. The minimum absolute atomic E-state index is 0.102. The first kappa shape index (κ1) is 16.9. The SMILES string of the molecule is C=CCN1C(=O)c2ccc(C(=O)O[C@H](C)C(=O)NC3CC3)cc2C1=O. The van der Waals surface area contributed by atoms with Crippen molar-refractivity contribution < 1.29 is 23.9 Å². The summed E-state index contributed by atoms with van der Waals surface area (Å²) in [6, 6.07) is 4.33. The molecule has 1 aromatic carbocycles. The maximum Gasteiger partial charge on any atom is 0.338 e. The Morgan fingerprint density at radius 1 is 1.32 bits per heavy atom. The third-order valence-corrected chi connectivity index (χ3v) is 4.09. The van der Waals surface area contributed by atoms with Gasteiger partial charge in [-0.05, 0) is 38.0 Å². The predicted octanol–water partition coefficient (Wildman–Crippen LogP) is 1.29. The van der Waals surface area contributed by atoms with Crippen LogP contribution in [0, 0.1) is 0 Å². The number of ether oxygens (including phenoxy) is 1. The quantitative estimate of drug-likeness (QED) is 0.478. The fourth-order valence-corrected chi connectivity index (χ4v) is 2.54. The van der Waals surface area contributed by atoms with Crippen LogP contribution in [0.3, 0.4) is 0 Å². The summed E-state index contributed by atoms with van der Waals surface area (Å²) in [6.07, 6.45) is 2.40. The van der Waals surface area contributed by atoms with E-state index < -0.39 is 23.9 Å². The van der Waals surface area contributed by atoms with E-state index in [9.17, 15) is 19.2 Å². The van der Waals surface area contributed by atoms with Crippen LogP contribution in [0.1, 0.15) is 50.8 Å². The molecule has 0 aromatic heterocycles. The Hall–Kier alpha value is -2.96. The van der Waals surface area contributed by atoms with Crippen molar-refractivity contribution in [3.63, 3.8) is 0 Å². The normalized spacial score (nSPS) is 17.1. The number of carbonyl (C=O) groups is 4. The summed E-state index contributed by atoms with van der Waals surface area (Å²) in [5.74, 6) is -1.96. The molecule has 1 aromatic rings. The molecule has 1 saturated carbocycles. The number of rotatable bonds is 6. The van der Waals surface area contributed by atoms with Crippen LogP contribution in [0.15, 0.2) is 30.9 Å². The van der Waals surface area contributed by atoms with Crippen LogP contribution in [0.25, 0.3) is 0 Å². The summed E-state index contributed by atoms with van der Waals surface area (Å²) in [7, 11) is 0. The second-order valence-electron chi connectivity index (χ2n) is 6.10. The van der Waals surface area contributed by atoms with Crippen molar-refractivity contribution in [1.29, 1.82) is 0 Å². The molecule has 0 bridgehead atoms. The van der Waals surface area contributed by atoms with Crippen LogP contribution in [0.5, 0.6) is 0 Å². The lowest BCUT2D eigenvalue weighted by molar-refractivity contribution is -0.129. The van der Waals surface area contributed by atoms with Crippen molar-refractivity contribution in [3.05, 3.63) is 47.5 Å². The molecular formula is C18H18N2O5. The van der Waals surface area contributed by atoms with Crippen molar-refractivity contribution in [2.24, 2.45) is 0 Å². The number of nitrogens with one attached hydrogen (secondary N) is 1. The van der Waals surface area contributed by atoms with Crippen LogP contribution in [0.2, 0.25) is 0 Å². The van der Waals surface area contributed by atoms with Crippen LogP contribution < -0.4 is 5.32 Å². The second kappa shape index (κ2) is 6.51. The number of carbonyl (C=O) groups excluding carboxylic acids is 4. The molecule has 7 heteroatoms. The van der Waals surface area contributed by atoms with Gasteiger partial charge in [-0.1, -0.05) is 6.08 Å². The Morgan fingerprint density at radius 2 is 2.00 bits per heavy atom. The minimum Gasteiger partial charge on any atom is -0.449 e. The molecule has 1 heterocycles. The van der Waals surface area contributed by atoms with Gasteiger partial charge in [-0.2, -0.15) is 0 Å². The second-order valence-corrected chi connectivity index (χ2v) is 6.10. The van der Waals surface area contributed by atoms with Crippen LogP contribution >= 0.6 is 0 Å². The Labute approximate surface area is 144 Å². The number of nitrogens with zero attached hydrogens (tertiary/aromatic N) is 1. The molecule has 2 aliphatic rings. The zero-order chi connectivity index (χ0) is 18.1. The monoisotopic (exact) mass is 342 g/mol. The van der Waals surface area contributed by atoms with Crippen molar-refractivity contribution >= 4 is 23.7 Å². The Morgan fingerprint density at radius 3 is 2.64 bits per heavy atom. The average molecular weight is 342 g/mol. The van der Waals surface area contributed by atoms with E-state index in [0.717, 1.165) is 17.7 Å². The molecule has 7 nitrogen and oxygen atoms in total. The van der Waals surface area contributed by atoms with E-state index in [1.54, 1.807) is 0 Å². The van der Waals surface area contributed by atoms with Gasteiger partial charge in [-0.25, -0.2) is 4.79 Å². The van der Waals surface area contributed by atoms with Gasteiger partial charge >= 0.3 is 5.97 Å². The number of hydrogen-bond donors (Lipinski definition) is 1. The van der Waals surface area contributed by atoms with Gasteiger partial charge in [0.1, 0.15) is 0 Å². The minimum atomic E-state index is -0.934. The summed E-state index contributed by atoms with van der Waals surface area (Å²) in [5, 5.41) is 2.75. The number of imide groups is 1. The molecule has 0 saturated heterocycles. The zero-order valence-corrected chi connectivity index (χ0v) is 13.8. The molecule has 3 rings (SSSR count).